The molecule has 1 aromatic carbocycles. The average Bonchev–Trinajstić information content (AvgIpc) is 2.76. The van der Waals surface area contributed by atoms with Crippen LogP contribution < -0.4 is 4.74 Å². The van der Waals surface area contributed by atoms with Gasteiger partial charge in [-0.1, -0.05) is 0 Å². The lowest BCUT2D eigenvalue weighted by Gasteiger charge is -2.36. The normalized spacial score (nSPS) is 27.5. The first-order chi connectivity index (χ1) is 13.7. The van der Waals surface area contributed by atoms with Crippen LogP contribution in [0.15, 0.2) is 36.3 Å². The number of fused-ring (bicyclic) bond motifs is 1. The minimum Gasteiger partial charge on any atom is -0.493 e. The number of rotatable bonds is 4. The summed E-state index contributed by atoms with van der Waals surface area (Å²) in [5.41, 5.74) is 0.590. The van der Waals surface area contributed by atoms with Gasteiger partial charge in [0, 0.05) is 32.2 Å². The van der Waals surface area contributed by atoms with E-state index in [2.05, 4.69) is 0 Å². The number of hydrogen-bond acceptors (Lipinski definition) is 6. The first-order valence-electron chi connectivity index (χ1n) is 9.73. The van der Waals surface area contributed by atoms with Crippen LogP contribution in [0.2, 0.25) is 0 Å². The molecule has 2 fully saturated rings. The summed E-state index contributed by atoms with van der Waals surface area (Å²) in [6.45, 7) is 2.33. The molecule has 3 aliphatic rings. The summed E-state index contributed by atoms with van der Waals surface area (Å²) in [4.78, 5) is 27.0. The van der Waals surface area contributed by atoms with E-state index < -0.39 is 0 Å². The molecule has 7 nitrogen and oxygen atoms in total. The first-order valence-corrected chi connectivity index (χ1v) is 9.73. The van der Waals surface area contributed by atoms with E-state index in [1.807, 2.05) is 0 Å². The molecule has 0 bridgehead atoms. The van der Waals surface area contributed by atoms with Crippen molar-refractivity contribution in [2.45, 2.75) is 31.5 Å². The van der Waals surface area contributed by atoms with Gasteiger partial charge in [-0.2, -0.15) is 0 Å². The summed E-state index contributed by atoms with van der Waals surface area (Å²) in [5, 5.41) is 0. The van der Waals surface area contributed by atoms with Gasteiger partial charge < -0.3 is 23.8 Å². The Kier molecular flexibility index (Phi) is 5.64. The van der Waals surface area contributed by atoms with Gasteiger partial charge in [-0.25, -0.2) is 0 Å². The largest absolute Gasteiger partial charge is 0.493 e. The molecule has 0 radical (unpaired) electrons. The predicted molar refractivity (Wildman–Crippen MR) is 99.9 cm³/mol. The summed E-state index contributed by atoms with van der Waals surface area (Å²) in [6, 6.07) is 6.84. The van der Waals surface area contributed by atoms with Gasteiger partial charge in [0.05, 0.1) is 25.2 Å². The fourth-order valence-electron chi connectivity index (χ4n) is 3.96. The predicted octanol–water partition coefficient (Wildman–Crippen LogP) is 2.16. The molecule has 7 heteroatoms. The minimum atomic E-state index is -0.187. The average molecular weight is 387 g/mol. The van der Waals surface area contributed by atoms with Crippen molar-refractivity contribution in [1.82, 2.24) is 4.90 Å². The number of hydrogen-bond donors (Lipinski definition) is 0. The van der Waals surface area contributed by atoms with Crippen LogP contribution in [0.3, 0.4) is 0 Å². The van der Waals surface area contributed by atoms with E-state index in [9.17, 15) is 9.59 Å². The number of ether oxygens (including phenoxy) is 4. The summed E-state index contributed by atoms with van der Waals surface area (Å²) < 4.78 is 22.2. The van der Waals surface area contributed by atoms with Gasteiger partial charge in [0.15, 0.2) is 0 Å². The molecular weight excluding hydrogens is 362 g/mol. The molecule has 28 heavy (non-hydrogen) atoms. The van der Waals surface area contributed by atoms with Crippen molar-refractivity contribution in [3.8, 4) is 5.75 Å². The number of Topliss-reactive ketones (excluding diaryl/α,β-unsaturated/α-hetero) is 1. The molecule has 2 aliphatic heterocycles. The number of benzene rings is 1. The van der Waals surface area contributed by atoms with Gasteiger partial charge >= 0.3 is 0 Å². The zero-order valence-corrected chi connectivity index (χ0v) is 16.0. The van der Waals surface area contributed by atoms with Crippen LogP contribution in [0.5, 0.6) is 5.75 Å². The van der Waals surface area contributed by atoms with Crippen LogP contribution in [-0.4, -0.2) is 62.2 Å². The molecule has 1 saturated carbocycles. The maximum absolute atomic E-state index is 12.8. The molecule has 1 aliphatic carbocycles. The van der Waals surface area contributed by atoms with E-state index >= 15 is 0 Å². The second kappa shape index (κ2) is 8.32. The second-order valence-corrected chi connectivity index (χ2v) is 7.33. The Labute approximate surface area is 164 Å². The van der Waals surface area contributed by atoms with E-state index in [4.69, 9.17) is 18.9 Å². The minimum absolute atomic E-state index is 0.0242. The van der Waals surface area contributed by atoms with Crippen molar-refractivity contribution < 1.29 is 28.5 Å². The van der Waals surface area contributed by atoms with Gasteiger partial charge in [0.25, 0.3) is 5.91 Å². The maximum Gasteiger partial charge on any atom is 0.254 e. The summed E-state index contributed by atoms with van der Waals surface area (Å²) in [5.74, 6) is 0.479. The highest BCUT2D eigenvalue weighted by molar-refractivity contribution is 5.97. The van der Waals surface area contributed by atoms with Crippen LogP contribution in [0.4, 0.5) is 0 Å². The number of allylic oxidation sites excluding steroid dienone is 1. The second-order valence-electron chi connectivity index (χ2n) is 7.33. The van der Waals surface area contributed by atoms with E-state index in [0.717, 1.165) is 19.3 Å². The molecular formula is C21H25NO6. The lowest BCUT2D eigenvalue weighted by Crippen LogP contribution is -2.42. The number of amides is 1. The zero-order chi connectivity index (χ0) is 19.5. The van der Waals surface area contributed by atoms with Gasteiger partial charge in [0.2, 0.25) is 11.5 Å². The first kappa shape index (κ1) is 19.0. The Hall–Kier alpha value is -2.38. The van der Waals surface area contributed by atoms with Crippen molar-refractivity contribution >= 4 is 11.7 Å². The van der Waals surface area contributed by atoms with Crippen LogP contribution in [0.25, 0.3) is 0 Å². The molecule has 0 N–H and O–H groups in total. The molecule has 150 valence electrons. The van der Waals surface area contributed by atoms with Crippen LogP contribution in [-0.2, 0) is 19.0 Å². The molecule has 1 aromatic rings. The SMILES string of the molecule is COC1CCC2C(=O)C(Oc3ccc(C(=O)N4CCOCC4)cc3)=COC2C1. The zero-order valence-electron chi connectivity index (χ0n) is 16.0. The molecule has 3 unspecified atom stereocenters. The molecule has 1 saturated heterocycles. The standard InChI is InChI=1S/C21H25NO6/c1-25-16-6-7-17-18(12-16)27-13-19(20(17)23)28-15-4-2-14(3-5-15)21(24)22-8-10-26-11-9-22/h2-5,13,16-18H,6-12H2,1H3. The van der Waals surface area contributed by atoms with Crippen molar-refractivity contribution in [2.24, 2.45) is 5.92 Å². The number of ketones is 1. The monoisotopic (exact) mass is 387 g/mol. The fourth-order valence-corrected chi connectivity index (χ4v) is 3.96. The molecule has 3 atom stereocenters. The third kappa shape index (κ3) is 3.91. The summed E-state index contributed by atoms with van der Waals surface area (Å²) in [6.07, 6.45) is 3.70. The highest BCUT2D eigenvalue weighted by Crippen LogP contribution is 2.34. The van der Waals surface area contributed by atoms with Gasteiger partial charge in [-0.3, -0.25) is 9.59 Å². The lowest BCUT2D eigenvalue weighted by molar-refractivity contribution is -0.133. The van der Waals surface area contributed by atoms with E-state index in [-0.39, 0.29) is 35.6 Å². The van der Waals surface area contributed by atoms with Crippen molar-refractivity contribution in [3.63, 3.8) is 0 Å². The van der Waals surface area contributed by atoms with Crippen LogP contribution >= 0.6 is 0 Å². The number of carbonyl (C=O) groups is 2. The molecule has 4 rings (SSSR count). The Bertz CT molecular complexity index is 753. The van der Waals surface area contributed by atoms with Crippen molar-refractivity contribution in [3.05, 3.63) is 41.9 Å². The molecule has 0 aromatic heterocycles. The van der Waals surface area contributed by atoms with Gasteiger partial charge in [-0.15, -0.1) is 0 Å². The number of nitrogens with zero attached hydrogens (tertiary/aromatic N) is 1. The summed E-state index contributed by atoms with van der Waals surface area (Å²) >= 11 is 0. The Morgan fingerprint density at radius 2 is 1.89 bits per heavy atom. The topological polar surface area (TPSA) is 74.3 Å². The van der Waals surface area contributed by atoms with Crippen LogP contribution in [0, 0.1) is 5.92 Å². The third-order valence-corrected chi connectivity index (χ3v) is 5.63. The number of methoxy groups -OCH3 is 1. The van der Waals surface area contributed by atoms with Crippen molar-refractivity contribution in [2.75, 3.05) is 33.4 Å². The van der Waals surface area contributed by atoms with E-state index in [1.165, 1.54) is 6.26 Å². The quantitative estimate of drug-likeness (QED) is 0.788. The highest BCUT2D eigenvalue weighted by Gasteiger charge is 2.41. The fraction of sp³-hybridized carbons (Fsp3) is 0.524. The molecule has 2 heterocycles. The maximum atomic E-state index is 12.8. The van der Waals surface area contributed by atoms with E-state index in [0.29, 0.717) is 37.6 Å². The van der Waals surface area contributed by atoms with Crippen molar-refractivity contribution in [1.29, 1.82) is 0 Å². The van der Waals surface area contributed by atoms with E-state index in [1.54, 1.807) is 36.3 Å². The Morgan fingerprint density at radius 3 is 2.61 bits per heavy atom. The number of carbonyl (C=O) groups excluding carboxylic acids is 2. The highest BCUT2D eigenvalue weighted by atomic mass is 16.5. The Balaban J connectivity index is 1.40. The smallest absolute Gasteiger partial charge is 0.254 e. The summed E-state index contributed by atoms with van der Waals surface area (Å²) in [7, 11) is 1.69. The molecule has 1 amide bonds. The number of morpholine rings is 1. The van der Waals surface area contributed by atoms with Gasteiger partial charge in [-0.05, 0) is 37.1 Å². The van der Waals surface area contributed by atoms with Crippen LogP contribution in [0.1, 0.15) is 29.6 Å². The molecule has 0 spiro atoms. The van der Waals surface area contributed by atoms with Gasteiger partial charge in [0.1, 0.15) is 18.1 Å². The Morgan fingerprint density at radius 1 is 1.14 bits per heavy atom. The lowest BCUT2D eigenvalue weighted by atomic mass is 9.80. The third-order valence-electron chi connectivity index (χ3n) is 5.63.